The predicted octanol–water partition coefficient (Wildman–Crippen LogP) is 2.85. The van der Waals surface area contributed by atoms with E-state index >= 15 is 0 Å². The van der Waals surface area contributed by atoms with Crippen molar-refractivity contribution in [3.63, 3.8) is 0 Å². The summed E-state index contributed by atoms with van der Waals surface area (Å²) < 4.78 is 32.3. The van der Waals surface area contributed by atoms with Crippen molar-refractivity contribution in [3.05, 3.63) is 29.3 Å². The smallest absolute Gasteiger partial charge is 0.201 e. The minimum Gasteiger partial charge on any atom is -0.490 e. The Morgan fingerprint density at radius 2 is 2.11 bits per heavy atom. The van der Waals surface area contributed by atoms with Crippen LogP contribution in [0.4, 0.5) is 8.78 Å². The number of nitrogens with zero attached hydrogens (tertiary/aromatic N) is 1. The van der Waals surface area contributed by atoms with Crippen LogP contribution < -0.4 is 4.74 Å². The molecule has 3 nitrogen and oxygen atoms in total. The highest BCUT2D eigenvalue weighted by Gasteiger charge is 2.24. The number of benzene rings is 1. The van der Waals surface area contributed by atoms with Gasteiger partial charge in [0.25, 0.3) is 0 Å². The van der Waals surface area contributed by atoms with Gasteiger partial charge in [-0.2, -0.15) is 9.65 Å². The molecule has 1 fully saturated rings. The van der Waals surface area contributed by atoms with Gasteiger partial charge in [0.1, 0.15) is 0 Å². The van der Waals surface area contributed by atoms with Crippen molar-refractivity contribution in [3.8, 4) is 11.8 Å². The predicted molar refractivity (Wildman–Crippen MR) is 59.1 cm³/mol. The Kier molecular flexibility index (Phi) is 3.56. The number of hydrogen-bond donors (Lipinski definition) is 0. The largest absolute Gasteiger partial charge is 0.490 e. The van der Waals surface area contributed by atoms with Crippen molar-refractivity contribution in [2.75, 3.05) is 6.61 Å². The summed E-state index contributed by atoms with van der Waals surface area (Å²) in [5, 5.41) is 8.35. The van der Waals surface area contributed by atoms with Gasteiger partial charge >= 0.3 is 0 Å². The Bertz CT molecular complexity index is 518. The molecule has 18 heavy (non-hydrogen) atoms. The molecule has 0 N–H and O–H groups in total. The lowest BCUT2D eigenvalue weighted by molar-refractivity contribution is 0.0992. The van der Waals surface area contributed by atoms with Gasteiger partial charge in [-0.3, -0.25) is 4.79 Å². The summed E-state index contributed by atoms with van der Waals surface area (Å²) in [6, 6.07) is 3.99. The fourth-order valence-corrected chi connectivity index (χ4v) is 1.52. The third-order valence-electron chi connectivity index (χ3n) is 2.76. The third-order valence-corrected chi connectivity index (χ3v) is 2.76. The van der Waals surface area contributed by atoms with E-state index in [1.807, 2.05) is 0 Å². The number of halogens is 2. The van der Waals surface area contributed by atoms with E-state index in [2.05, 4.69) is 0 Å². The quantitative estimate of drug-likeness (QED) is 0.756. The minimum atomic E-state index is -1.25. The summed E-state index contributed by atoms with van der Waals surface area (Å²) in [6.45, 7) is 0.363. The van der Waals surface area contributed by atoms with E-state index < -0.39 is 29.4 Å². The SMILES string of the molecule is N#CCC(=O)c1ccc(OCC2CC2)c(F)c1F. The van der Waals surface area contributed by atoms with Gasteiger partial charge in [0.15, 0.2) is 17.3 Å². The highest BCUT2D eigenvalue weighted by atomic mass is 19.2. The van der Waals surface area contributed by atoms with Crippen LogP contribution in [0.25, 0.3) is 0 Å². The van der Waals surface area contributed by atoms with Crippen LogP contribution in [0.2, 0.25) is 0 Å². The topological polar surface area (TPSA) is 50.1 Å². The molecule has 0 atom stereocenters. The molecule has 0 aromatic heterocycles. The molecule has 0 unspecified atom stereocenters. The summed E-state index contributed by atoms with van der Waals surface area (Å²) in [6.07, 6.45) is 1.62. The Hall–Kier alpha value is -1.96. The number of carbonyl (C=O) groups is 1. The molecule has 0 bridgehead atoms. The number of hydrogen-bond acceptors (Lipinski definition) is 3. The zero-order chi connectivity index (χ0) is 13.1. The lowest BCUT2D eigenvalue weighted by Gasteiger charge is -2.08. The number of Topliss-reactive ketones (excluding diaryl/α,β-unsaturated/α-hetero) is 1. The van der Waals surface area contributed by atoms with Crippen LogP contribution in [0, 0.1) is 28.9 Å². The van der Waals surface area contributed by atoms with Gasteiger partial charge < -0.3 is 4.74 Å². The van der Waals surface area contributed by atoms with Crippen LogP contribution in [0.15, 0.2) is 12.1 Å². The average molecular weight is 251 g/mol. The fraction of sp³-hybridized carbons (Fsp3) is 0.385. The Balaban J connectivity index is 2.17. The summed E-state index contributed by atoms with van der Waals surface area (Å²) in [7, 11) is 0. The monoisotopic (exact) mass is 251 g/mol. The second-order valence-corrected chi connectivity index (χ2v) is 4.25. The molecule has 0 amide bonds. The van der Waals surface area contributed by atoms with Gasteiger partial charge in [0.05, 0.1) is 24.7 Å². The van der Waals surface area contributed by atoms with Crippen molar-refractivity contribution in [2.24, 2.45) is 5.92 Å². The first-order valence-electron chi connectivity index (χ1n) is 5.64. The van der Waals surface area contributed by atoms with Crippen LogP contribution in [0.1, 0.15) is 29.6 Å². The van der Waals surface area contributed by atoms with Crippen LogP contribution in [-0.2, 0) is 0 Å². The lowest BCUT2D eigenvalue weighted by atomic mass is 10.1. The van der Waals surface area contributed by atoms with Crippen LogP contribution >= 0.6 is 0 Å². The number of ether oxygens (including phenoxy) is 1. The van der Waals surface area contributed by atoms with E-state index in [1.54, 1.807) is 6.07 Å². The maximum atomic E-state index is 13.6. The number of carbonyl (C=O) groups excluding carboxylic acids is 1. The first kappa shape index (κ1) is 12.5. The van der Waals surface area contributed by atoms with Crippen molar-refractivity contribution >= 4 is 5.78 Å². The molecule has 5 heteroatoms. The summed E-state index contributed by atoms with van der Waals surface area (Å²) in [4.78, 5) is 11.3. The normalized spacial score (nSPS) is 14.1. The molecule has 2 rings (SSSR count). The maximum absolute atomic E-state index is 13.6. The van der Waals surface area contributed by atoms with E-state index in [0.717, 1.165) is 18.9 Å². The van der Waals surface area contributed by atoms with Crippen molar-refractivity contribution in [1.29, 1.82) is 5.26 Å². The van der Waals surface area contributed by atoms with Gasteiger partial charge in [-0.25, -0.2) is 4.39 Å². The van der Waals surface area contributed by atoms with E-state index in [0.29, 0.717) is 12.5 Å². The summed E-state index contributed by atoms with van der Waals surface area (Å²) in [5.41, 5.74) is -0.409. The Labute approximate surface area is 103 Å². The highest BCUT2D eigenvalue weighted by molar-refractivity contribution is 5.97. The standard InChI is InChI=1S/C13H11F2NO2/c14-12-9(10(17)5-6-16)3-4-11(13(12)15)18-7-8-1-2-8/h3-4,8H,1-2,5,7H2. The molecular weight excluding hydrogens is 240 g/mol. The molecule has 0 radical (unpaired) electrons. The fourth-order valence-electron chi connectivity index (χ4n) is 1.52. The molecule has 1 aromatic carbocycles. The van der Waals surface area contributed by atoms with Crippen molar-refractivity contribution in [1.82, 2.24) is 0 Å². The number of ketones is 1. The number of nitriles is 1. The lowest BCUT2D eigenvalue weighted by Crippen LogP contribution is -2.07. The van der Waals surface area contributed by atoms with Crippen molar-refractivity contribution in [2.45, 2.75) is 19.3 Å². The summed E-state index contributed by atoms with van der Waals surface area (Å²) >= 11 is 0. The molecule has 1 aliphatic rings. The molecule has 0 heterocycles. The van der Waals surface area contributed by atoms with Gasteiger partial charge in [-0.1, -0.05) is 0 Å². The molecule has 1 aliphatic carbocycles. The van der Waals surface area contributed by atoms with Gasteiger partial charge in [-0.15, -0.1) is 0 Å². The molecule has 0 aliphatic heterocycles. The zero-order valence-electron chi connectivity index (χ0n) is 9.58. The molecule has 0 saturated heterocycles. The van der Waals surface area contributed by atoms with E-state index in [9.17, 15) is 13.6 Å². The molecule has 0 spiro atoms. The Morgan fingerprint density at radius 1 is 1.39 bits per heavy atom. The van der Waals surface area contributed by atoms with E-state index in [-0.39, 0.29) is 5.75 Å². The molecule has 1 saturated carbocycles. The van der Waals surface area contributed by atoms with E-state index in [1.165, 1.54) is 6.07 Å². The zero-order valence-corrected chi connectivity index (χ0v) is 9.58. The van der Waals surface area contributed by atoms with Crippen LogP contribution in [0.3, 0.4) is 0 Å². The Morgan fingerprint density at radius 3 is 2.72 bits per heavy atom. The maximum Gasteiger partial charge on any atom is 0.201 e. The van der Waals surface area contributed by atoms with Crippen LogP contribution in [0.5, 0.6) is 5.75 Å². The first-order chi connectivity index (χ1) is 8.63. The molecule has 94 valence electrons. The molecule has 1 aromatic rings. The van der Waals surface area contributed by atoms with Crippen molar-refractivity contribution < 1.29 is 18.3 Å². The van der Waals surface area contributed by atoms with Gasteiger partial charge in [0, 0.05) is 0 Å². The van der Waals surface area contributed by atoms with Gasteiger partial charge in [0.2, 0.25) is 5.82 Å². The van der Waals surface area contributed by atoms with Gasteiger partial charge in [-0.05, 0) is 30.9 Å². The van der Waals surface area contributed by atoms with Crippen LogP contribution in [-0.4, -0.2) is 12.4 Å². The molecular formula is C13H11F2NO2. The highest BCUT2D eigenvalue weighted by Crippen LogP contribution is 2.31. The van der Waals surface area contributed by atoms with E-state index in [4.69, 9.17) is 10.00 Å². The average Bonchev–Trinajstić information content (AvgIpc) is 3.15. The second kappa shape index (κ2) is 5.13. The number of rotatable bonds is 5. The second-order valence-electron chi connectivity index (χ2n) is 4.25. The third kappa shape index (κ3) is 2.65. The first-order valence-corrected chi connectivity index (χ1v) is 5.64. The minimum absolute atomic E-state index is 0.187. The summed E-state index contributed by atoms with van der Waals surface area (Å²) in [5.74, 6) is -2.91.